The molecule has 0 aliphatic carbocycles. The largest absolute Gasteiger partial charge is 0.498 e. The maximum absolute atomic E-state index is 13.2. The van der Waals surface area contributed by atoms with E-state index in [-0.39, 0.29) is 29.9 Å². The highest BCUT2D eigenvalue weighted by Crippen LogP contribution is 2.45. The van der Waals surface area contributed by atoms with Crippen LogP contribution in [-0.4, -0.2) is 35.2 Å². The molecular formula is C21H19F3N2O6. The number of rotatable bonds is 4. The van der Waals surface area contributed by atoms with Gasteiger partial charge in [0.05, 0.1) is 17.0 Å². The van der Waals surface area contributed by atoms with Crippen molar-refractivity contribution in [1.29, 1.82) is 0 Å². The van der Waals surface area contributed by atoms with E-state index in [0.717, 1.165) is 24.3 Å². The van der Waals surface area contributed by atoms with Crippen LogP contribution in [-0.2, 0) is 11.0 Å². The van der Waals surface area contributed by atoms with Crippen molar-refractivity contribution in [3.63, 3.8) is 0 Å². The van der Waals surface area contributed by atoms with Gasteiger partial charge >= 0.3 is 12.1 Å². The Hall–Kier alpha value is -3.47. The van der Waals surface area contributed by atoms with Crippen molar-refractivity contribution < 1.29 is 37.9 Å². The first kappa shape index (κ1) is 23.2. The van der Waals surface area contributed by atoms with E-state index < -0.39 is 51.1 Å². The smallest absolute Gasteiger partial charge is 0.416 e. The number of likely N-dealkylation sites (tertiary alicyclic amines) is 1. The number of halogens is 3. The van der Waals surface area contributed by atoms with Gasteiger partial charge in [-0.1, -0.05) is 18.2 Å². The Morgan fingerprint density at radius 1 is 1.19 bits per heavy atom. The number of aliphatic carboxylic acids is 1. The maximum atomic E-state index is 13.2. The van der Waals surface area contributed by atoms with Gasteiger partial charge in [0.15, 0.2) is 0 Å². The molecule has 11 heteroatoms. The summed E-state index contributed by atoms with van der Waals surface area (Å²) in [7, 11) is 0. The monoisotopic (exact) mass is 452 g/mol. The standard InChI is InChI=1S/C21H19F3N2O6/c1-20(18(27)28)10-14(13-3-2-4-15(9-13)21(22,23)24)11-26(12-20,19(29)30)17-7-5-16(6-8-17)25(31)32/h2-9,14H,10-12H2,1H3,(H-,27,28,29,30). The van der Waals surface area contributed by atoms with Crippen LogP contribution in [0.3, 0.4) is 0 Å². The summed E-state index contributed by atoms with van der Waals surface area (Å²) in [5.74, 6) is -2.17. The minimum Gasteiger partial charge on any atom is -0.498 e. The number of non-ortho nitro benzene ring substituents is 1. The first-order valence-corrected chi connectivity index (χ1v) is 9.53. The van der Waals surface area contributed by atoms with Gasteiger partial charge in [0.25, 0.3) is 11.8 Å². The van der Waals surface area contributed by atoms with E-state index in [0.29, 0.717) is 0 Å². The number of carboxylic acid groups (broad SMARTS) is 2. The second-order valence-corrected chi connectivity index (χ2v) is 8.24. The number of nitrogens with zero attached hydrogens (tertiary/aromatic N) is 2. The van der Waals surface area contributed by atoms with Crippen LogP contribution in [0.2, 0.25) is 0 Å². The molecule has 3 atom stereocenters. The van der Waals surface area contributed by atoms with Gasteiger partial charge in [-0.05, 0) is 25.0 Å². The van der Waals surface area contributed by atoms with E-state index in [1.165, 1.54) is 31.2 Å². The summed E-state index contributed by atoms with van der Waals surface area (Å²) in [6.07, 6.45) is -6.37. The van der Waals surface area contributed by atoms with Gasteiger partial charge in [0.2, 0.25) is 0 Å². The molecular weight excluding hydrogens is 433 g/mol. The van der Waals surface area contributed by atoms with Gasteiger partial charge in [-0.3, -0.25) is 14.9 Å². The van der Waals surface area contributed by atoms with Gasteiger partial charge in [-0.2, -0.15) is 13.2 Å². The third kappa shape index (κ3) is 4.15. The van der Waals surface area contributed by atoms with E-state index in [4.69, 9.17) is 0 Å². The fourth-order valence-corrected chi connectivity index (χ4v) is 4.36. The predicted molar refractivity (Wildman–Crippen MR) is 105 cm³/mol. The molecule has 0 spiro atoms. The fourth-order valence-electron chi connectivity index (χ4n) is 4.36. The van der Waals surface area contributed by atoms with Crippen molar-refractivity contribution in [2.45, 2.75) is 25.4 Å². The summed E-state index contributed by atoms with van der Waals surface area (Å²) in [5.41, 5.74) is -2.64. The van der Waals surface area contributed by atoms with E-state index in [2.05, 4.69) is 0 Å². The van der Waals surface area contributed by atoms with Crippen LogP contribution < -0.4 is 9.59 Å². The first-order chi connectivity index (χ1) is 14.8. The molecule has 0 saturated carbocycles. The van der Waals surface area contributed by atoms with Crippen LogP contribution in [0.5, 0.6) is 0 Å². The van der Waals surface area contributed by atoms with Crippen molar-refractivity contribution in [3.8, 4) is 0 Å². The molecule has 3 rings (SSSR count). The SMILES string of the molecule is CC1(C(=O)O)CC(c2cccc(C(F)(F)F)c2)C[N+](C(=O)[O-])(c2ccc([N+](=O)[O-])cc2)C1. The molecule has 2 aromatic carbocycles. The Kier molecular flexibility index (Phi) is 5.73. The minimum atomic E-state index is -4.63. The molecule has 1 amide bonds. The van der Waals surface area contributed by atoms with Gasteiger partial charge in [0, 0.05) is 30.2 Å². The number of carbonyl (C=O) groups excluding carboxylic acids is 1. The molecule has 170 valence electrons. The van der Waals surface area contributed by atoms with Crippen molar-refractivity contribution in [1.82, 2.24) is 4.48 Å². The summed E-state index contributed by atoms with van der Waals surface area (Å²) in [5, 5.41) is 33.1. The minimum absolute atomic E-state index is 0.0414. The molecule has 1 aliphatic rings. The predicted octanol–water partition coefficient (Wildman–Crippen LogP) is 3.54. The van der Waals surface area contributed by atoms with Gasteiger partial charge in [-0.25, -0.2) is 4.48 Å². The number of alkyl halides is 3. The molecule has 8 nitrogen and oxygen atoms in total. The average molecular weight is 452 g/mol. The Morgan fingerprint density at radius 2 is 1.81 bits per heavy atom. The summed E-state index contributed by atoms with van der Waals surface area (Å²) in [4.78, 5) is 34.7. The lowest BCUT2D eigenvalue weighted by Crippen LogP contribution is -2.68. The summed E-state index contributed by atoms with van der Waals surface area (Å²) >= 11 is 0. The molecule has 0 radical (unpaired) electrons. The highest BCUT2D eigenvalue weighted by Gasteiger charge is 2.53. The topological polar surface area (TPSA) is 121 Å². The Labute approximate surface area is 180 Å². The molecule has 1 N–H and O–H groups in total. The van der Waals surface area contributed by atoms with Crippen LogP contribution in [0.4, 0.5) is 29.3 Å². The van der Waals surface area contributed by atoms with Crippen molar-refractivity contribution in [3.05, 3.63) is 69.8 Å². The zero-order valence-electron chi connectivity index (χ0n) is 16.8. The summed E-state index contributed by atoms with van der Waals surface area (Å²) in [6, 6.07) is 8.92. The lowest BCUT2D eigenvalue weighted by atomic mass is 9.73. The van der Waals surface area contributed by atoms with Crippen LogP contribution >= 0.6 is 0 Å². The van der Waals surface area contributed by atoms with E-state index >= 15 is 0 Å². The van der Waals surface area contributed by atoms with Crippen LogP contribution in [0, 0.1) is 15.5 Å². The Bertz CT molecular complexity index is 1070. The van der Waals surface area contributed by atoms with E-state index in [1.807, 2.05) is 0 Å². The second kappa shape index (κ2) is 7.90. The van der Waals surface area contributed by atoms with Crippen LogP contribution in [0.25, 0.3) is 0 Å². The number of hydrogen-bond acceptors (Lipinski definition) is 5. The third-order valence-corrected chi connectivity index (χ3v) is 5.95. The molecule has 0 bridgehead atoms. The molecule has 32 heavy (non-hydrogen) atoms. The molecule has 1 aliphatic heterocycles. The van der Waals surface area contributed by atoms with Gasteiger partial charge in [-0.15, -0.1) is 0 Å². The molecule has 1 fully saturated rings. The van der Waals surface area contributed by atoms with Gasteiger partial charge in [0.1, 0.15) is 17.6 Å². The van der Waals surface area contributed by atoms with Gasteiger partial charge < -0.3 is 15.0 Å². The lowest BCUT2D eigenvalue weighted by Gasteiger charge is -2.49. The maximum Gasteiger partial charge on any atom is 0.416 e. The number of benzene rings is 2. The average Bonchev–Trinajstić information content (AvgIpc) is 2.72. The third-order valence-electron chi connectivity index (χ3n) is 5.95. The number of carbonyl (C=O) groups is 2. The van der Waals surface area contributed by atoms with Crippen molar-refractivity contribution in [2.75, 3.05) is 13.1 Å². The quantitative estimate of drug-likeness (QED) is 0.430. The van der Waals surface area contributed by atoms with E-state index in [9.17, 15) is 43.1 Å². The van der Waals surface area contributed by atoms with Crippen LogP contribution in [0.1, 0.15) is 30.4 Å². The Morgan fingerprint density at radius 3 is 2.31 bits per heavy atom. The van der Waals surface area contributed by atoms with Crippen molar-refractivity contribution >= 4 is 23.4 Å². The highest BCUT2D eigenvalue weighted by molar-refractivity contribution is 5.83. The van der Waals surface area contributed by atoms with E-state index in [1.54, 1.807) is 0 Å². The molecule has 1 heterocycles. The zero-order valence-corrected chi connectivity index (χ0v) is 16.8. The molecule has 0 aromatic heterocycles. The number of carboxylic acids is 1. The molecule has 3 unspecified atom stereocenters. The number of nitro benzene ring substituents is 1. The number of quaternary nitrogens is 1. The highest BCUT2D eigenvalue weighted by atomic mass is 19.4. The number of hydrogen-bond donors (Lipinski definition) is 1. The number of nitro groups is 1. The number of amides is 1. The number of piperidine rings is 1. The summed E-state index contributed by atoms with van der Waals surface area (Å²) < 4.78 is 38.6. The van der Waals surface area contributed by atoms with Crippen molar-refractivity contribution in [2.24, 2.45) is 5.41 Å². The summed E-state index contributed by atoms with van der Waals surface area (Å²) in [6.45, 7) is 0.624. The lowest BCUT2D eigenvalue weighted by molar-refractivity contribution is -0.384. The first-order valence-electron chi connectivity index (χ1n) is 9.53. The molecule has 1 saturated heterocycles. The zero-order chi connectivity index (χ0) is 23.9. The normalized spacial score (nSPS) is 25.8. The fraction of sp³-hybridized carbons (Fsp3) is 0.333. The van der Waals surface area contributed by atoms with Crippen LogP contribution in [0.15, 0.2) is 48.5 Å². The molecule has 2 aromatic rings. The Balaban J connectivity index is 2.15. The second-order valence-electron chi connectivity index (χ2n) is 8.24.